The first kappa shape index (κ1) is 18.7. The van der Waals surface area contributed by atoms with Gasteiger partial charge < -0.3 is 14.8 Å². The van der Waals surface area contributed by atoms with Crippen molar-refractivity contribution >= 4 is 17.1 Å². The Morgan fingerprint density at radius 3 is 2.50 bits per heavy atom. The number of amides is 2. The molecule has 0 saturated carbocycles. The molecule has 2 aromatic rings. The number of hydrogen-bond donors (Lipinski definition) is 1. The molecule has 1 fully saturated rings. The normalized spacial score (nSPS) is 15.8. The predicted molar refractivity (Wildman–Crippen MR) is 106 cm³/mol. The van der Waals surface area contributed by atoms with Gasteiger partial charge in [0.25, 0.3) is 0 Å². The highest BCUT2D eigenvalue weighted by molar-refractivity contribution is 5.77. The summed E-state index contributed by atoms with van der Waals surface area (Å²) >= 11 is 0. The number of rotatable bonds is 5. The molecule has 1 saturated heterocycles. The molecule has 0 spiro atoms. The molecule has 1 aliphatic heterocycles. The van der Waals surface area contributed by atoms with E-state index in [0.717, 1.165) is 50.8 Å². The van der Waals surface area contributed by atoms with Crippen LogP contribution in [0.2, 0.25) is 0 Å². The minimum atomic E-state index is 0.108. The lowest BCUT2D eigenvalue weighted by Crippen LogP contribution is -2.47. The molecule has 26 heavy (non-hydrogen) atoms. The second-order valence-corrected chi connectivity index (χ2v) is 7.72. The SMILES string of the molecule is CCC(CC)NC(=O)N1CCC(Cn2cnc3cc(C)c(C)cc32)CC1. The zero-order valence-corrected chi connectivity index (χ0v) is 16.6. The van der Waals surface area contributed by atoms with Gasteiger partial charge in [0.15, 0.2) is 0 Å². The fraction of sp³-hybridized carbons (Fsp3) is 0.619. The van der Waals surface area contributed by atoms with Crippen molar-refractivity contribution in [2.45, 2.75) is 66.0 Å². The van der Waals surface area contributed by atoms with Gasteiger partial charge in [-0.25, -0.2) is 9.78 Å². The lowest BCUT2D eigenvalue weighted by Gasteiger charge is -2.33. The number of carbonyl (C=O) groups is 1. The second-order valence-electron chi connectivity index (χ2n) is 7.72. The summed E-state index contributed by atoms with van der Waals surface area (Å²) in [5.74, 6) is 0.603. The van der Waals surface area contributed by atoms with E-state index in [9.17, 15) is 4.79 Å². The first-order valence-electron chi connectivity index (χ1n) is 9.99. The smallest absolute Gasteiger partial charge is 0.317 e. The fourth-order valence-corrected chi connectivity index (χ4v) is 3.81. The third-order valence-corrected chi connectivity index (χ3v) is 5.91. The van der Waals surface area contributed by atoms with Crippen LogP contribution in [-0.2, 0) is 6.54 Å². The van der Waals surface area contributed by atoms with Crippen molar-refractivity contribution in [1.29, 1.82) is 0 Å². The number of piperidine rings is 1. The van der Waals surface area contributed by atoms with Gasteiger partial charge in [0, 0.05) is 25.7 Å². The van der Waals surface area contributed by atoms with E-state index in [1.54, 1.807) is 0 Å². The van der Waals surface area contributed by atoms with Crippen LogP contribution in [0.1, 0.15) is 50.7 Å². The van der Waals surface area contributed by atoms with Gasteiger partial charge in [0.1, 0.15) is 0 Å². The number of likely N-dealkylation sites (tertiary alicyclic amines) is 1. The quantitative estimate of drug-likeness (QED) is 0.870. The van der Waals surface area contributed by atoms with Gasteiger partial charge in [-0.2, -0.15) is 0 Å². The minimum absolute atomic E-state index is 0.108. The molecule has 1 aromatic heterocycles. The van der Waals surface area contributed by atoms with E-state index in [1.165, 1.54) is 16.6 Å². The first-order chi connectivity index (χ1) is 12.5. The molecule has 5 heteroatoms. The standard InChI is InChI=1S/C21H32N4O/c1-5-18(6-2)23-21(26)24-9-7-17(8-10-24)13-25-14-22-19-11-15(3)16(4)12-20(19)25/h11-12,14,17-18H,5-10,13H2,1-4H3,(H,23,26). The van der Waals surface area contributed by atoms with Crippen molar-refractivity contribution < 1.29 is 4.79 Å². The number of aryl methyl sites for hydroxylation is 2. The Bertz CT molecular complexity index is 755. The van der Waals surface area contributed by atoms with Crippen LogP contribution in [0, 0.1) is 19.8 Å². The van der Waals surface area contributed by atoms with Crippen LogP contribution in [0.25, 0.3) is 11.0 Å². The molecular weight excluding hydrogens is 324 g/mol. The Balaban J connectivity index is 1.58. The maximum absolute atomic E-state index is 12.4. The predicted octanol–water partition coefficient (Wildman–Crippen LogP) is 4.26. The molecule has 2 heterocycles. The highest BCUT2D eigenvalue weighted by Crippen LogP contribution is 2.23. The number of nitrogens with one attached hydrogen (secondary N) is 1. The first-order valence-corrected chi connectivity index (χ1v) is 9.99. The molecule has 0 unspecified atom stereocenters. The van der Waals surface area contributed by atoms with Crippen molar-refractivity contribution in [3.05, 3.63) is 29.6 Å². The summed E-state index contributed by atoms with van der Waals surface area (Å²) in [4.78, 5) is 18.9. The average Bonchev–Trinajstić information content (AvgIpc) is 3.02. The number of aromatic nitrogens is 2. The van der Waals surface area contributed by atoms with Gasteiger partial charge in [-0.3, -0.25) is 0 Å². The van der Waals surface area contributed by atoms with Gasteiger partial charge in [-0.1, -0.05) is 13.8 Å². The summed E-state index contributed by atoms with van der Waals surface area (Å²) < 4.78 is 2.28. The molecule has 142 valence electrons. The van der Waals surface area contributed by atoms with Gasteiger partial charge in [0.05, 0.1) is 17.4 Å². The summed E-state index contributed by atoms with van der Waals surface area (Å²) in [5.41, 5.74) is 4.91. The minimum Gasteiger partial charge on any atom is -0.335 e. The molecule has 0 bridgehead atoms. The zero-order valence-electron chi connectivity index (χ0n) is 16.6. The van der Waals surface area contributed by atoms with Crippen molar-refractivity contribution in [2.75, 3.05) is 13.1 Å². The molecule has 0 atom stereocenters. The second kappa shape index (κ2) is 8.11. The van der Waals surface area contributed by atoms with Crippen LogP contribution in [0.5, 0.6) is 0 Å². The molecular formula is C21H32N4O. The summed E-state index contributed by atoms with van der Waals surface area (Å²) in [5, 5.41) is 3.15. The number of benzene rings is 1. The van der Waals surface area contributed by atoms with E-state index in [2.05, 4.69) is 54.7 Å². The Labute approximate surface area is 156 Å². The summed E-state index contributed by atoms with van der Waals surface area (Å²) in [6, 6.07) is 4.82. The highest BCUT2D eigenvalue weighted by Gasteiger charge is 2.24. The van der Waals surface area contributed by atoms with Crippen LogP contribution >= 0.6 is 0 Å². The number of imidazole rings is 1. The lowest BCUT2D eigenvalue weighted by molar-refractivity contribution is 0.162. The molecule has 3 rings (SSSR count). The Kier molecular flexibility index (Phi) is 5.84. The van der Waals surface area contributed by atoms with E-state index >= 15 is 0 Å². The molecule has 0 radical (unpaired) electrons. The molecule has 1 aliphatic rings. The summed E-state index contributed by atoms with van der Waals surface area (Å²) in [7, 11) is 0. The zero-order chi connectivity index (χ0) is 18.7. The number of hydrogen-bond acceptors (Lipinski definition) is 2. The Hall–Kier alpha value is -2.04. The molecule has 2 amide bonds. The number of urea groups is 1. The fourth-order valence-electron chi connectivity index (χ4n) is 3.81. The maximum atomic E-state index is 12.4. The van der Waals surface area contributed by atoms with Crippen molar-refractivity contribution in [3.8, 4) is 0 Å². The van der Waals surface area contributed by atoms with Crippen molar-refractivity contribution in [3.63, 3.8) is 0 Å². The molecule has 5 nitrogen and oxygen atoms in total. The van der Waals surface area contributed by atoms with Crippen LogP contribution in [-0.4, -0.2) is 39.6 Å². The van der Waals surface area contributed by atoms with Gasteiger partial charge in [-0.15, -0.1) is 0 Å². The number of fused-ring (bicyclic) bond motifs is 1. The van der Waals surface area contributed by atoms with Crippen LogP contribution in [0.3, 0.4) is 0 Å². The van der Waals surface area contributed by atoms with Crippen molar-refractivity contribution in [2.24, 2.45) is 5.92 Å². The Morgan fingerprint density at radius 1 is 1.19 bits per heavy atom. The van der Waals surface area contributed by atoms with E-state index in [-0.39, 0.29) is 6.03 Å². The van der Waals surface area contributed by atoms with E-state index < -0.39 is 0 Å². The van der Waals surface area contributed by atoms with Gasteiger partial charge >= 0.3 is 6.03 Å². The third kappa shape index (κ3) is 4.02. The van der Waals surface area contributed by atoms with E-state index in [0.29, 0.717) is 12.0 Å². The largest absolute Gasteiger partial charge is 0.335 e. The van der Waals surface area contributed by atoms with Crippen molar-refractivity contribution in [1.82, 2.24) is 19.8 Å². The Morgan fingerprint density at radius 2 is 1.85 bits per heavy atom. The third-order valence-electron chi connectivity index (χ3n) is 5.91. The summed E-state index contributed by atoms with van der Waals surface area (Å²) in [6.07, 6.45) is 6.06. The van der Waals surface area contributed by atoms with Gasteiger partial charge in [-0.05, 0) is 68.7 Å². The number of nitrogens with zero attached hydrogens (tertiary/aromatic N) is 3. The van der Waals surface area contributed by atoms with Crippen LogP contribution in [0.15, 0.2) is 18.5 Å². The van der Waals surface area contributed by atoms with Gasteiger partial charge in [0.2, 0.25) is 0 Å². The highest BCUT2D eigenvalue weighted by atomic mass is 16.2. The molecule has 1 N–H and O–H groups in total. The lowest BCUT2D eigenvalue weighted by atomic mass is 9.96. The monoisotopic (exact) mass is 356 g/mol. The molecule has 1 aromatic carbocycles. The van der Waals surface area contributed by atoms with E-state index in [4.69, 9.17) is 0 Å². The maximum Gasteiger partial charge on any atom is 0.317 e. The van der Waals surface area contributed by atoms with E-state index in [1.807, 2.05) is 11.2 Å². The van der Waals surface area contributed by atoms with Crippen LogP contribution < -0.4 is 5.32 Å². The number of carbonyl (C=O) groups excluding carboxylic acids is 1. The molecule has 0 aliphatic carbocycles. The summed E-state index contributed by atoms with van der Waals surface area (Å²) in [6.45, 7) is 11.2. The topological polar surface area (TPSA) is 50.2 Å². The average molecular weight is 357 g/mol. The van der Waals surface area contributed by atoms with Crippen LogP contribution in [0.4, 0.5) is 4.79 Å².